The van der Waals surface area contributed by atoms with Gasteiger partial charge in [0.2, 0.25) is 0 Å². The number of carbonyl (C=O) groups is 3. The molecule has 0 aromatic heterocycles. The van der Waals surface area contributed by atoms with Crippen LogP contribution in [-0.2, 0) is 14.4 Å². The quantitative estimate of drug-likeness (QED) is 0.339. The molecule has 0 aliphatic rings. The summed E-state index contributed by atoms with van der Waals surface area (Å²) in [6.45, 7) is -2.37. The molecule has 0 rings (SSSR count). The van der Waals surface area contributed by atoms with Crippen LogP contribution >= 0.6 is 0 Å². The van der Waals surface area contributed by atoms with Gasteiger partial charge in [0, 0.05) is 0 Å². The summed E-state index contributed by atoms with van der Waals surface area (Å²) >= 11 is 0. The van der Waals surface area contributed by atoms with E-state index in [1.165, 1.54) is 0 Å². The molecule has 86 valence electrons. The molecule has 18 heavy (non-hydrogen) atoms. The first-order chi connectivity index (χ1) is 6.88. The van der Waals surface area contributed by atoms with Crippen LogP contribution in [0.3, 0.4) is 0 Å². The first kappa shape index (κ1) is 27.6. The zero-order valence-corrected chi connectivity index (χ0v) is 16.7. The summed E-state index contributed by atoms with van der Waals surface area (Å²) in [5.74, 6) is -4.20. The summed E-state index contributed by atoms with van der Waals surface area (Å²) in [4.78, 5) is 31.8. The number of aliphatic hydroxyl groups excluding tert-OH is 1. The average molecular weight is 290 g/mol. The van der Waals surface area contributed by atoms with Gasteiger partial charge < -0.3 is 20.4 Å². The smallest absolute Gasteiger partial charge is 0.480 e. The van der Waals surface area contributed by atoms with Gasteiger partial charge in [-0.05, 0) is 0 Å². The molecule has 0 bridgehead atoms. The van der Waals surface area contributed by atoms with E-state index in [2.05, 4.69) is 0 Å². The van der Waals surface area contributed by atoms with Crippen molar-refractivity contribution in [2.45, 2.75) is 6.04 Å². The Labute approximate surface area is 170 Å². The molecule has 0 aliphatic carbocycles. The molecule has 0 aliphatic heterocycles. The van der Waals surface area contributed by atoms with Crippen LogP contribution in [0.2, 0.25) is 0 Å². The molecule has 0 heterocycles. The Balaban J connectivity index is -0.000000327. The predicted octanol–water partition coefficient (Wildman–Crippen LogP) is -11.1. The number of aliphatic carboxylic acids is 3. The summed E-state index contributed by atoms with van der Waals surface area (Å²) in [7, 11) is 0. The molecule has 0 saturated carbocycles. The molecule has 0 radical (unpaired) electrons. The largest absolute Gasteiger partial charge is 1.00 e. The SMILES string of the molecule is O=C(O)CN(CC(=O)O)[C@@H](CO)C(=O)O.[Na+].[Na+].[Na+]. The second kappa shape index (κ2) is 14.7. The van der Waals surface area contributed by atoms with Crippen molar-refractivity contribution >= 4 is 17.9 Å². The van der Waals surface area contributed by atoms with Crippen molar-refractivity contribution in [3.63, 3.8) is 0 Å². The molecular weight excluding hydrogens is 279 g/mol. The molecule has 11 heteroatoms. The van der Waals surface area contributed by atoms with Crippen LogP contribution in [0, 0.1) is 0 Å². The second-order valence-electron chi connectivity index (χ2n) is 2.73. The van der Waals surface area contributed by atoms with Gasteiger partial charge in [0.15, 0.2) is 0 Å². The molecule has 8 nitrogen and oxygen atoms in total. The molecule has 1 atom stereocenters. The van der Waals surface area contributed by atoms with Crippen LogP contribution in [0.1, 0.15) is 0 Å². The minimum Gasteiger partial charge on any atom is -0.480 e. The molecule has 0 aromatic carbocycles. The molecule has 4 N–H and O–H groups in total. The summed E-state index contributed by atoms with van der Waals surface area (Å²) in [6, 6.07) is -1.53. The fourth-order valence-electron chi connectivity index (χ4n) is 0.974. The van der Waals surface area contributed by atoms with Crippen molar-refractivity contribution in [3.05, 3.63) is 0 Å². The molecule has 0 fully saturated rings. The number of hydrogen-bond acceptors (Lipinski definition) is 5. The number of carboxylic acid groups (broad SMARTS) is 3. The predicted molar refractivity (Wildman–Crippen MR) is 45.4 cm³/mol. The van der Waals surface area contributed by atoms with Gasteiger partial charge in [-0.15, -0.1) is 0 Å². The van der Waals surface area contributed by atoms with Gasteiger partial charge in [0.05, 0.1) is 19.7 Å². The van der Waals surface area contributed by atoms with Crippen molar-refractivity contribution in [1.29, 1.82) is 0 Å². The van der Waals surface area contributed by atoms with Gasteiger partial charge in [-0.2, -0.15) is 0 Å². The van der Waals surface area contributed by atoms with Gasteiger partial charge >= 0.3 is 107 Å². The number of nitrogens with zero attached hydrogens (tertiary/aromatic N) is 1. The minimum absolute atomic E-state index is 0. The second-order valence-corrected chi connectivity index (χ2v) is 2.73. The van der Waals surface area contributed by atoms with Crippen LogP contribution in [0.25, 0.3) is 0 Å². The Kier molecular flexibility index (Phi) is 22.6. The molecule has 0 amide bonds. The zero-order chi connectivity index (χ0) is 12.0. The zero-order valence-electron chi connectivity index (χ0n) is 10.7. The Hall–Kier alpha value is 1.33. The first-order valence-electron chi connectivity index (χ1n) is 3.89. The summed E-state index contributed by atoms with van der Waals surface area (Å²) in [5.41, 5.74) is 0. The van der Waals surface area contributed by atoms with E-state index in [0.717, 1.165) is 0 Å². The Morgan fingerprint density at radius 3 is 1.39 bits per heavy atom. The summed E-state index contributed by atoms with van der Waals surface area (Å²) < 4.78 is 0. The molecule has 0 saturated heterocycles. The maximum absolute atomic E-state index is 10.5. The maximum atomic E-state index is 10.5. The summed E-state index contributed by atoms with van der Waals surface area (Å²) in [6.07, 6.45) is 0. The van der Waals surface area contributed by atoms with Crippen molar-refractivity contribution in [2.24, 2.45) is 0 Å². The van der Waals surface area contributed by atoms with E-state index in [4.69, 9.17) is 20.4 Å². The van der Waals surface area contributed by atoms with Gasteiger partial charge in [-0.1, -0.05) is 0 Å². The third kappa shape index (κ3) is 12.4. The van der Waals surface area contributed by atoms with E-state index in [9.17, 15) is 14.4 Å². The molecular formula is C7H11NNa3O7+3. The Morgan fingerprint density at radius 2 is 1.22 bits per heavy atom. The van der Waals surface area contributed by atoms with E-state index in [1.54, 1.807) is 0 Å². The van der Waals surface area contributed by atoms with Crippen molar-refractivity contribution in [3.8, 4) is 0 Å². The van der Waals surface area contributed by atoms with Crippen LogP contribution < -0.4 is 88.7 Å². The van der Waals surface area contributed by atoms with Gasteiger partial charge in [0.1, 0.15) is 6.04 Å². The third-order valence-electron chi connectivity index (χ3n) is 1.58. The Bertz CT molecular complexity index is 260. The van der Waals surface area contributed by atoms with Gasteiger partial charge in [-0.3, -0.25) is 19.3 Å². The first-order valence-corrected chi connectivity index (χ1v) is 3.89. The topological polar surface area (TPSA) is 135 Å². The third-order valence-corrected chi connectivity index (χ3v) is 1.58. The minimum atomic E-state index is -1.53. The maximum Gasteiger partial charge on any atom is 1.00 e. The normalized spacial score (nSPS) is 10.3. The average Bonchev–Trinajstić information content (AvgIpc) is 2.01. The van der Waals surface area contributed by atoms with E-state index in [0.29, 0.717) is 4.90 Å². The van der Waals surface area contributed by atoms with Crippen LogP contribution in [-0.4, -0.2) is 69.0 Å². The monoisotopic (exact) mass is 290 g/mol. The standard InChI is InChI=1S/C7H11NO7.3Na/c9-3-4(7(14)15)8(1-5(10)11)2-6(12)13;;;/h4,9H,1-3H2,(H,10,11)(H,12,13)(H,14,15);;;/q;3*+1/t4-;;;/m0.../s1. The van der Waals surface area contributed by atoms with E-state index in [1.807, 2.05) is 0 Å². The number of hydrogen-bond donors (Lipinski definition) is 4. The molecule has 0 aromatic rings. The number of aliphatic hydroxyl groups is 1. The van der Waals surface area contributed by atoms with E-state index in [-0.39, 0.29) is 88.7 Å². The fraction of sp³-hybridized carbons (Fsp3) is 0.571. The van der Waals surface area contributed by atoms with Crippen molar-refractivity contribution in [1.82, 2.24) is 4.90 Å². The number of rotatable bonds is 7. The van der Waals surface area contributed by atoms with Crippen LogP contribution in [0.5, 0.6) is 0 Å². The van der Waals surface area contributed by atoms with E-state index >= 15 is 0 Å². The van der Waals surface area contributed by atoms with Crippen LogP contribution in [0.15, 0.2) is 0 Å². The van der Waals surface area contributed by atoms with Crippen molar-refractivity contribution in [2.75, 3.05) is 19.7 Å². The number of carboxylic acids is 3. The van der Waals surface area contributed by atoms with Gasteiger partial charge in [0.25, 0.3) is 0 Å². The van der Waals surface area contributed by atoms with Crippen molar-refractivity contribution < 1.29 is 123 Å². The fourth-order valence-corrected chi connectivity index (χ4v) is 0.974. The molecule has 0 spiro atoms. The Morgan fingerprint density at radius 1 is 0.889 bits per heavy atom. The summed E-state index contributed by atoms with van der Waals surface area (Å²) in [5, 5.41) is 34.1. The molecule has 0 unspecified atom stereocenters. The van der Waals surface area contributed by atoms with Crippen LogP contribution in [0.4, 0.5) is 0 Å². The van der Waals surface area contributed by atoms with Gasteiger partial charge in [-0.25, -0.2) is 0 Å². The van der Waals surface area contributed by atoms with E-state index < -0.39 is 43.6 Å².